The standard InChI is InChI=1S/C23H24FN3O3/c24-18-7-5-16(6-8-18)22(29)25-13-21(28)27(20-11-12-20)14-15-1-3-17(4-2-15)23(30)26-19-9-10-19/h1-8,19-20H,9-14H2,(H,25,29)(H,26,30). The van der Waals surface area contributed by atoms with Crippen LogP contribution in [0.4, 0.5) is 4.39 Å². The zero-order valence-electron chi connectivity index (χ0n) is 16.6. The molecule has 7 heteroatoms. The third-order valence-electron chi connectivity index (χ3n) is 5.30. The minimum absolute atomic E-state index is 0.0670. The Morgan fingerprint density at radius 2 is 1.47 bits per heavy atom. The van der Waals surface area contributed by atoms with Gasteiger partial charge in [-0.1, -0.05) is 12.1 Å². The summed E-state index contributed by atoms with van der Waals surface area (Å²) in [5.41, 5.74) is 1.85. The van der Waals surface area contributed by atoms with E-state index in [1.807, 2.05) is 12.1 Å². The third kappa shape index (κ3) is 5.23. The molecule has 0 heterocycles. The van der Waals surface area contributed by atoms with Crippen LogP contribution in [0.2, 0.25) is 0 Å². The molecule has 0 spiro atoms. The van der Waals surface area contributed by atoms with Crippen molar-refractivity contribution in [2.24, 2.45) is 0 Å². The Balaban J connectivity index is 1.33. The number of carbonyl (C=O) groups is 3. The van der Waals surface area contributed by atoms with Gasteiger partial charge in [-0.25, -0.2) is 4.39 Å². The summed E-state index contributed by atoms with van der Waals surface area (Å²) < 4.78 is 13.0. The zero-order valence-corrected chi connectivity index (χ0v) is 16.6. The molecule has 156 valence electrons. The van der Waals surface area contributed by atoms with Crippen molar-refractivity contribution in [1.29, 1.82) is 0 Å². The number of rotatable bonds is 8. The van der Waals surface area contributed by atoms with Crippen LogP contribution in [0.1, 0.15) is 52.0 Å². The van der Waals surface area contributed by atoms with E-state index in [9.17, 15) is 18.8 Å². The Hall–Kier alpha value is -3.22. The molecule has 0 aliphatic heterocycles. The first-order chi connectivity index (χ1) is 14.5. The number of halogens is 1. The van der Waals surface area contributed by atoms with E-state index in [2.05, 4.69) is 10.6 Å². The maximum absolute atomic E-state index is 13.0. The van der Waals surface area contributed by atoms with Crippen LogP contribution in [-0.4, -0.2) is 41.2 Å². The largest absolute Gasteiger partial charge is 0.349 e. The Kier molecular flexibility index (Phi) is 5.79. The summed E-state index contributed by atoms with van der Waals surface area (Å²) in [7, 11) is 0. The Morgan fingerprint density at radius 1 is 0.867 bits per heavy atom. The van der Waals surface area contributed by atoms with Gasteiger partial charge >= 0.3 is 0 Å². The van der Waals surface area contributed by atoms with E-state index in [-0.39, 0.29) is 24.4 Å². The normalized spacial score (nSPS) is 15.4. The first-order valence-electron chi connectivity index (χ1n) is 10.2. The van der Waals surface area contributed by atoms with Crippen molar-refractivity contribution in [3.8, 4) is 0 Å². The molecular weight excluding hydrogens is 385 g/mol. The molecule has 6 nitrogen and oxygen atoms in total. The lowest BCUT2D eigenvalue weighted by molar-refractivity contribution is -0.131. The average molecular weight is 409 g/mol. The summed E-state index contributed by atoms with van der Waals surface area (Å²) in [4.78, 5) is 38.7. The van der Waals surface area contributed by atoms with Gasteiger partial charge < -0.3 is 15.5 Å². The lowest BCUT2D eigenvalue weighted by atomic mass is 10.1. The van der Waals surface area contributed by atoms with Crippen molar-refractivity contribution < 1.29 is 18.8 Å². The van der Waals surface area contributed by atoms with Gasteiger partial charge in [0.15, 0.2) is 0 Å². The van der Waals surface area contributed by atoms with Gasteiger partial charge in [-0.3, -0.25) is 14.4 Å². The van der Waals surface area contributed by atoms with Crippen molar-refractivity contribution in [3.63, 3.8) is 0 Å². The predicted octanol–water partition coefficient (Wildman–Crippen LogP) is 2.64. The van der Waals surface area contributed by atoms with Crippen molar-refractivity contribution in [2.75, 3.05) is 6.54 Å². The predicted molar refractivity (Wildman–Crippen MR) is 109 cm³/mol. The van der Waals surface area contributed by atoms with Crippen LogP contribution < -0.4 is 10.6 Å². The lowest BCUT2D eigenvalue weighted by Crippen LogP contribution is -2.41. The Labute approximate surface area is 174 Å². The Bertz CT molecular complexity index is 935. The highest BCUT2D eigenvalue weighted by Crippen LogP contribution is 2.28. The van der Waals surface area contributed by atoms with E-state index in [4.69, 9.17) is 0 Å². The number of hydrogen-bond acceptors (Lipinski definition) is 3. The molecule has 0 bridgehead atoms. The molecule has 30 heavy (non-hydrogen) atoms. The van der Waals surface area contributed by atoms with Gasteiger partial charge in [0.25, 0.3) is 11.8 Å². The number of nitrogens with zero attached hydrogens (tertiary/aromatic N) is 1. The van der Waals surface area contributed by atoms with Crippen LogP contribution in [0.15, 0.2) is 48.5 Å². The second-order valence-electron chi connectivity index (χ2n) is 7.89. The minimum atomic E-state index is -0.418. The number of nitrogens with one attached hydrogen (secondary N) is 2. The third-order valence-corrected chi connectivity index (χ3v) is 5.30. The fraction of sp³-hybridized carbons (Fsp3) is 0.348. The molecule has 0 aromatic heterocycles. The van der Waals surface area contributed by atoms with Crippen molar-refractivity contribution >= 4 is 17.7 Å². The second kappa shape index (κ2) is 8.65. The first kappa shape index (κ1) is 20.1. The molecule has 2 N–H and O–H groups in total. The van der Waals surface area contributed by atoms with E-state index >= 15 is 0 Å². The maximum atomic E-state index is 13.0. The number of hydrogen-bond donors (Lipinski definition) is 2. The summed E-state index contributed by atoms with van der Waals surface area (Å²) in [6.07, 6.45) is 3.97. The molecule has 2 fully saturated rings. The zero-order chi connectivity index (χ0) is 21.1. The highest BCUT2D eigenvalue weighted by Gasteiger charge is 2.32. The van der Waals surface area contributed by atoms with Crippen LogP contribution in [0.3, 0.4) is 0 Å². The van der Waals surface area contributed by atoms with Gasteiger partial charge in [-0.05, 0) is 67.6 Å². The first-order valence-corrected chi connectivity index (χ1v) is 10.2. The molecule has 2 aromatic carbocycles. The summed E-state index contributed by atoms with van der Waals surface area (Å²) in [6.45, 7) is 0.315. The number of amides is 3. The average Bonchev–Trinajstić information content (AvgIpc) is 3.66. The molecule has 0 atom stereocenters. The molecule has 2 aliphatic rings. The van der Waals surface area contributed by atoms with Crippen molar-refractivity contribution in [2.45, 2.75) is 44.3 Å². The van der Waals surface area contributed by atoms with Gasteiger partial charge in [0.2, 0.25) is 5.91 Å². The van der Waals surface area contributed by atoms with E-state index in [1.54, 1.807) is 17.0 Å². The monoisotopic (exact) mass is 409 g/mol. The quantitative estimate of drug-likeness (QED) is 0.704. The fourth-order valence-electron chi connectivity index (χ4n) is 3.22. The molecule has 0 saturated heterocycles. The molecule has 0 unspecified atom stereocenters. The van der Waals surface area contributed by atoms with Crippen LogP contribution >= 0.6 is 0 Å². The minimum Gasteiger partial charge on any atom is -0.349 e. The van der Waals surface area contributed by atoms with Crippen LogP contribution in [0.5, 0.6) is 0 Å². The molecule has 0 radical (unpaired) electrons. The fourth-order valence-corrected chi connectivity index (χ4v) is 3.22. The molecule has 2 saturated carbocycles. The van der Waals surface area contributed by atoms with E-state index in [0.29, 0.717) is 23.7 Å². The molecular formula is C23H24FN3O3. The smallest absolute Gasteiger partial charge is 0.251 e. The van der Waals surface area contributed by atoms with Gasteiger partial charge in [-0.15, -0.1) is 0 Å². The van der Waals surface area contributed by atoms with Crippen molar-refractivity contribution in [1.82, 2.24) is 15.5 Å². The highest BCUT2D eigenvalue weighted by atomic mass is 19.1. The van der Waals surface area contributed by atoms with Gasteiger partial charge in [-0.2, -0.15) is 0 Å². The molecule has 2 aromatic rings. The van der Waals surface area contributed by atoms with Crippen LogP contribution in [-0.2, 0) is 11.3 Å². The lowest BCUT2D eigenvalue weighted by Gasteiger charge is -2.23. The Morgan fingerprint density at radius 3 is 2.07 bits per heavy atom. The molecule has 4 rings (SSSR count). The van der Waals surface area contributed by atoms with Crippen LogP contribution in [0, 0.1) is 5.82 Å². The van der Waals surface area contributed by atoms with E-state index < -0.39 is 11.7 Å². The van der Waals surface area contributed by atoms with Gasteiger partial charge in [0.1, 0.15) is 5.82 Å². The van der Waals surface area contributed by atoms with Crippen LogP contribution in [0.25, 0.3) is 0 Å². The summed E-state index contributed by atoms with van der Waals surface area (Å²) in [5.74, 6) is -1.06. The van der Waals surface area contributed by atoms with Gasteiger partial charge in [0.05, 0.1) is 6.54 Å². The topological polar surface area (TPSA) is 78.5 Å². The SMILES string of the molecule is O=C(NCC(=O)N(Cc1ccc(C(=O)NC2CC2)cc1)C1CC1)c1ccc(F)cc1. The second-order valence-corrected chi connectivity index (χ2v) is 7.89. The molecule has 2 aliphatic carbocycles. The van der Waals surface area contributed by atoms with Gasteiger partial charge in [0, 0.05) is 29.8 Å². The maximum Gasteiger partial charge on any atom is 0.251 e. The molecule has 3 amide bonds. The number of carbonyl (C=O) groups excluding carboxylic acids is 3. The van der Waals surface area contributed by atoms with E-state index in [0.717, 1.165) is 31.2 Å². The highest BCUT2D eigenvalue weighted by molar-refractivity contribution is 5.96. The summed E-state index contributed by atoms with van der Waals surface area (Å²) in [6, 6.07) is 13.0. The number of benzene rings is 2. The van der Waals surface area contributed by atoms with Crippen molar-refractivity contribution in [3.05, 3.63) is 71.0 Å². The summed E-state index contributed by atoms with van der Waals surface area (Å²) >= 11 is 0. The summed E-state index contributed by atoms with van der Waals surface area (Å²) in [5, 5.41) is 5.57. The van der Waals surface area contributed by atoms with E-state index in [1.165, 1.54) is 24.3 Å².